The normalized spacial score (nSPS) is 9.65. The summed E-state index contributed by atoms with van der Waals surface area (Å²) in [7, 11) is 1.79. The van der Waals surface area contributed by atoms with Gasteiger partial charge in [0.15, 0.2) is 0 Å². The van der Waals surface area contributed by atoms with Gasteiger partial charge in [-0.15, -0.1) is 0 Å². The molecule has 0 N–H and O–H groups in total. The molecule has 0 spiro atoms. The van der Waals surface area contributed by atoms with E-state index < -0.39 is 5.97 Å². The van der Waals surface area contributed by atoms with E-state index in [1.54, 1.807) is 11.9 Å². The van der Waals surface area contributed by atoms with Gasteiger partial charge in [0.05, 0.1) is 0 Å². The molecular formula is C15H26NNaO3. The number of likely N-dealkylation sites (N-methyl/N-ethyl adjacent to an activating group) is 1. The van der Waals surface area contributed by atoms with Crippen LogP contribution in [0, 0.1) is 0 Å². The summed E-state index contributed by atoms with van der Waals surface area (Å²) in [5.74, 6) is -0.967. The van der Waals surface area contributed by atoms with Gasteiger partial charge in [-0.05, 0) is 25.3 Å². The zero-order chi connectivity index (χ0) is 14.5. The first-order valence-electron chi connectivity index (χ1n) is 7.15. The molecule has 0 aliphatic carbocycles. The topological polar surface area (TPSA) is 60.4 Å². The number of carboxylic acid groups (broad SMARTS) is 1. The van der Waals surface area contributed by atoms with Crippen molar-refractivity contribution in [1.29, 1.82) is 0 Å². The van der Waals surface area contributed by atoms with Crippen LogP contribution in [0.3, 0.4) is 0 Å². The van der Waals surface area contributed by atoms with Crippen molar-refractivity contribution in [2.24, 2.45) is 0 Å². The monoisotopic (exact) mass is 291 g/mol. The Kier molecular flexibility index (Phi) is 16.6. The Morgan fingerprint density at radius 1 is 1.00 bits per heavy atom. The molecule has 4 nitrogen and oxygen atoms in total. The molecule has 0 bridgehead atoms. The number of aliphatic carboxylic acids is 1. The molecule has 0 aliphatic heterocycles. The van der Waals surface area contributed by atoms with Gasteiger partial charge in [-0.3, -0.25) is 4.79 Å². The van der Waals surface area contributed by atoms with Crippen molar-refractivity contribution in [3.8, 4) is 0 Å². The van der Waals surface area contributed by atoms with E-state index >= 15 is 0 Å². The predicted octanol–water partition coefficient (Wildman–Crippen LogP) is -1.10. The van der Waals surface area contributed by atoms with Gasteiger partial charge in [-0.2, -0.15) is 0 Å². The van der Waals surface area contributed by atoms with Crippen molar-refractivity contribution < 1.29 is 44.3 Å². The van der Waals surface area contributed by atoms with Crippen LogP contribution < -0.4 is 34.7 Å². The van der Waals surface area contributed by atoms with Gasteiger partial charge in [0.25, 0.3) is 0 Å². The average molecular weight is 291 g/mol. The molecule has 0 saturated heterocycles. The van der Waals surface area contributed by atoms with E-state index in [4.69, 9.17) is 0 Å². The van der Waals surface area contributed by atoms with Crippen molar-refractivity contribution in [1.82, 2.24) is 4.90 Å². The summed E-state index contributed by atoms with van der Waals surface area (Å²) in [6.45, 7) is 4.24. The molecule has 5 heteroatoms. The molecule has 110 valence electrons. The first kappa shape index (κ1) is 22.0. The molecule has 0 aromatic rings. The number of hydrogen-bond acceptors (Lipinski definition) is 3. The second-order valence-corrected chi connectivity index (χ2v) is 4.91. The van der Waals surface area contributed by atoms with Crippen LogP contribution in [-0.4, -0.2) is 30.4 Å². The molecule has 1 amide bonds. The maximum absolute atomic E-state index is 11.2. The van der Waals surface area contributed by atoms with Crippen LogP contribution in [0.5, 0.6) is 0 Å². The molecule has 0 heterocycles. The minimum atomic E-state index is -0.946. The van der Waals surface area contributed by atoms with Crippen LogP contribution in [0.1, 0.15) is 57.8 Å². The fourth-order valence-electron chi connectivity index (χ4n) is 1.95. The number of carbonyl (C=O) groups is 2. The van der Waals surface area contributed by atoms with Gasteiger partial charge in [0, 0.05) is 19.6 Å². The molecule has 0 aliphatic rings. The van der Waals surface area contributed by atoms with E-state index in [0.29, 0.717) is 0 Å². The number of hydrogen-bond donors (Lipinski definition) is 0. The van der Waals surface area contributed by atoms with E-state index in [0.717, 1.165) is 45.1 Å². The van der Waals surface area contributed by atoms with E-state index in [9.17, 15) is 14.7 Å². The first-order chi connectivity index (χ1) is 9.07. The molecular weight excluding hydrogens is 265 g/mol. The Morgan fingerprint density at radius 2 is 1.45 bits per heavy atom. The molecule has 0 atom stereocenters. The SMILES string of the molecule is C=CC(=O)N(C)CCCCCCCCCCC(=O)[O-].[Na+]. The van der Waals surface area contributed by atoms with Gasteiger partial charge < -0.3 is 14.8 Å². The standard InChI is InChI=1S/C15H27NO3.Na/c1-3-14(17)16(2)13-11-9-7-5-4-6-8-10-12-15(18)19;/h3H,1,4-13H2,2H3,(H,18,19);/q;+1/p-1. The van der Waals surface area contributed by atoms with Crippen molar-refractivity contribution in [3.05, 3.63) is 12.7 Å². The van der Waals surface area contributed by atoms with Gasteiger partial charge in [0.2, 0.25) is 5.91 Å². The molecule has 0 unspecified atom stereocenters. The summed E-state index contributed by atoms with van der Waals surface area (Å²) in [4.78, 5) is 23.1. The summed E-state index contributed by atoms with van der Waals surface area (Å²) in [6.07, 6.45) is 10.0. The third-order valence-electron chi connectivity index (χ3n) is 3.18. The zero-order valence-electron chi connectivity index (χ0n) is 13.0. The maximum Gasteiger partial charge on any atom is 1.00 e. The van der Waals surface area contributed by atoms with Crippen LogP contribution in [0.15, 0.2) is 12.7 Å². The predicted molar refractivity (Wildman–Crippen MR) is 74.4 cm³/mol. The summed E-state index contributed by atoms with van der Waals surface area (Å²) in [5, 5.41) is 10.2. The molecule has 0 aromatic carbocycles. The van der Waals surface area contributed by atoms with Crippen LogP contribution in [0.2, 0.25) is 0 Å². The van der Waals surface area contributed by atoms with E-state index in [-0.39, 0.29) is 41.9 Å². The van der Waals surface area contributed by atoms with Crippen molar-refractivity contribution in [3.63, 3.8) is 0 Å². The molecule has 0 fully saturated rings. The van der Waals surface area contributed by atoms with Crippen LogP contribution in [0.25, 0.3) is 0 Å². The quantitative estimate of drug-likeness (QED) is 0.260. The smallest absolute Gasteiger partial charge is 0.550 e. The van der Waals surface area contributed by atoms with Gasteiger partial charge in [-0.1, -0.05) is 45.1 Å². The summed E-state index contributed by atoms with van der Waals surface area (Å²) >= 11 is 0. The number of rotatable bonds is 12. The number of unbranched alkanes of at least 4 members (excludes halogenated alkanes) is 7. The maximum atomic E-state index is 11.2. The first-order valence-corrected chi connectivity index (χ1v) is 7.15. The van der Waals surface area contributed by atoms with E-state index in [1.165, 1.54) is 18.9 Å². The van der Waals surface area contributed by atoms with Gasteiger partial charge in [0.1, 0.15) is 0 Å². The van der Waals surface area contributed by atoms with E-state index in [1.807, 2.05) is 0 Å². The van der Waals surface area contributed by atoms with Crippen LogP contribution >= 0.6 is 0 Å². The third-order valence-corrected chi connectivity index (χ3v) is 3.18. The number of carboxylic acids is 1. The zero-order valence-corrected chi connectivity index (χ0v) is 15.0. The Morgan fingerprint density at radius 3 is 1.90 bits per heavy atom. The Hall–Kier alpha value is -0.320. The molecule has 0 radical (unpaired) electrons. The fourth-order valence-corrected chi connectivity index (χ4v) is 1.95. The second-order valence-electron chi connectivity index (χ2n) is 4.91. The second kappa shape index (κ2) is 15.1. The third kappa shape index (κ3) is 14.1. The fraction of sp³-hybridized carbons (Fsp3) is 0.733. The van der Waals surface area contributed by atoms with Crippen LogP contribution in [-0.2, 0) is 9.59 Å². The summed E-state index contributed by atoms with van der Waals surface area (Å²) in [5.41, 5.74) is 0. The summed E-state index contributed by atoms with van der Waals surface area (Å²) in [6, 6.07) is 0. The Balaban J connectivity index is 0. The van der Waals surface area contributed by atoms with Crippen molar-refractivity contribution >= 4 is 11.9 Å². The Labute approximate surface area is 144 Å². The molecule has 0 rings (SSSR count). The Bertz CT molecular complexity index is 282. The molecule has 0 aromatic heterocycles. The average Bonchev–Trinajstić information content (AvgIpc) is 2.39. The van der Waals surface area contributed by atoms with Gasteiger partial charge >= 0.3 is 29.6 Å². The molecule has 0 saturated carbocycles. The largest absolute Gasteiger partial charge is 1.00 e. The summed E-state index contributed by atoms with van der Waals surface area (Å²) < 4.78 is 0. The van der Waals surface area contributed by atoms with Gasteiger partial charge in [-0.25, -0.2) is 0 Å². The molecule has 20 heavy (non-hydrogen) atoms. The minimum Gasteiger partial charge on any atom is -0.550 e. The number of carbonyl (C=O) groups excluding carboxylic acids is 2. The van der Waals surface area contributed by atoms with E-state index in [2.05, 4.69) is 6.58 Å². The van der Waals surface area contributed by atoms with Crippen molar-refractivity contribution in [2.75, 3.05) is 13.6 Å². The number of nitrogens with zero attached hydrogens (tertiary/aromatic N) is 1. The minimum absolute atomic E-state index is 0. The number of amides is 1. The van der Waals surface area contributed by atoms with Crippen molar-refractivity contribution in [2.45, 2.75) is 57.8 Å². The van der Waals surface area contributed by atoms with Crippen LogP contribution in [0.4, 0.5) is 0 Å².